The van der Waals surface area contributed by atoms with Crippen LogP contribution in [-0.4, -0.2) is 11.7 Å². The molecule has 13 rings (SSSR count). The lowest BCUT2D eigenvalue weighted by Gasteiger charge is -2.47. The monoisotopic (exact) mass is 1170 g/mol. The maximum Gasteiger partial charge on any atom is 0.252 e. The van der Waals surface area contributed by atoms with Gasteiger partial charge in [-0.1, -0.05) is 286 Å². The molecular formula is C85H84BN3. The number of hydrogen-bond acceptors (Lipinski definition) is 3. The molecular weight excluding hydrogens is 1070 g/mol. The van der Waals surface area contributed by atoms with E-state index in [2.05, 4.69) is 247 Å². The molecule has 0 saturated heterocycles. The second kappa shape index (κ2) is 22.0. The van der Waals surface area contributed by atoms with Crippen LogP contribution in [0.3, 0.4) is 0 Å². The molecule has 0 saturated carbocycles. The van der Waals surface area contributed by atoms with Crippen molar-refractivity contribution in [2.24, 2.45) is 0 Å². The van der Waals surface area contributed by atoms with Gasteiger partial charge in [-0.15, -0.1) is 0 Å². The van der Waals surface area contributed by atoms with Crippen LogP contribution in [0, 0.1) is 0 Å². The lowest BCUT2D eigenvalue weighted by molar-refractivity contribution is 0.532. The molecule has 0 fully saturated rings. The molecule has 3 heterocycles. The topological polar surface area (TPSA) is 19.4 Å². The third-order valence-electron chi connectivity index (χ3n) is 17.8. The normalized spacial score (nSPS) is 14.8. The van der Waals surface area contributed by atoms with E-state index in [9.17, 15) is 5.48 Å². The molecule has 442 valence electrons. The standard InChI is InChI=1S/C85H84BN3/c1-81(2,3)62-49-66(57-35-25-18-26-36-57)78(67(50-62)58-37-27-19-28-38-58)88-72-47-60(55-31-21-16-22-32-55)41-44-70(72)86-71-45-42-61(56-33-23-17-24-34-56)48-73(71)89(75-54-64(83(7,8)9)53-74(88)77(75)86)79-68(59-39-29-20-30-40-59)51-63(82(4,5)6)52-69(79)65-43-46-76(84(10,11)12)87-80(65)85(13,14)15/h16-54H,1-15H3/i16D,17D,21D,22D,23D,24D,31D,32D,33D,34D. The lowest BCUT2D eigenvalue weighted by Crippen LogP contribution is -2.61. The smallest absolute Gasteiger partial charge is 0.252 e. The zero-order chi connectivity index (χ0) is 71.2. The molecule has 3 nitrogen and oxygen atoms in total. The van der Waals surface area contributed by atoms with Crippen molar-refractivity contribution in [2.75, 3.05) is 9.80 Å². The molecule has 0 N–H and O–H groups in total. The van der Waals surface area contributed by atoms with E-state index in [4.69, 9.17) is 13.2 Å². The molecule has 4 heteroatoms. The first-order valence-corrected chi connectivity index (χ1v) is 31.2. The highest BCUT2D eigenvalue weighted by atomic mass is 15.2. The first kappa shape index (κ1) is 48.0. The summed E-state index contributed by atoms with van der Waals surface area (Å²) in [6.07, 6.45) is 0. The molecule has 0 aliphatic carbocycles. The molecule has 0 unspecified atom stereocenters. The SMILES string of the molecule is [2H]c1c([2H])c([2H])c(-c2ccc3c(c2)N(c2c(-c4ccccc4)cc(C(C)(C)C)cc2-c2ccccc2)c2cc(C(C)(C)C)cc4c2B3c2ccc(-c3c([2H])c([2H])c([2H])c([2H])c3[2H])cc2N4c2c(-c3ccccc3)cc(C(C)(C)C)cc2-c2ccc(C(C)(C)C)nc2C(C)(C)C)c([2H])c1[2H]. The summed E-state index contributed by atoms with van der Waals surface area (Å²) in [5.41, 5.74) is 19.4. The van der Waals surface area contributed by atoms with E-state index in [0.29, 0.717) is 16.8 Å². The van der Waals surface area contributed by atoms with Gasteiger partial charge in [-0.3, -0.25) is 4.98 Å². The second-order valence-electron chi connectivity index (χ2n) is 29.4. The summed E-state index contributed by atoms with van der Waals surface area (Å²) in [4.78, 5) is 10.5. The van der Waals surface area contributed by atoms with Crippen molar-refractivity contribution in [3.05, 3.63) is 264 Å². The van der Waals surface area contributed by atoms with E-state index in [-0.39, 0.29) is 51.5 Å². The Bertz CT molecular complexity index is 4990. The van der Waals surface area contributed by atoms with Gasteiger partial charge in [0.05, 0.1) is 30.8 Å². The third kappa shape index (κ3) is 10.8. The molecule has 0 spiro atoms. The first-order valence-electron chi connectivity index (χ1n) is 36.2. The maximum absolute atomic E-state index is 9.58. The highest BCUT2D eigenvalue weighted by Crippen LogP contribution is 2.56. The lowest BCUT2D eigenvalue weighted by atomic mass is 9.33. The Morgan fingerprint density at radius 1 is 0.315 bits per heavy atom. The van der Waals surface area contributed by atoms with Crippen LogP contribution >= 0.6 is 0 Å². The summed E-state index contributed by atoms with van der Waals surface area (Å²) in [5.74, 6) is 0. The Hall–Kier alpha value is -8.99. The van der Waals surface area contributed by atoms with Gasteiger partial charge >= 0.3 is 0 Å². The van der Waals surface area contributed by atoms with Crippen LogP contribution in [0.4, 0.5) is 34.1 Å². The maximum atomic E-state index is 9.58. The summed E-state index contributed by atoms with van der Waals surface area (Å²) in [6.45, 7) is 32.8. The van der Waals surface area contributed by atoms with Crippen LogP contribution in [0.15, 0.2) is 236 Å². The molecule has 0 radical (unpaired) electrons. The summed E-state index contributed by atoms with van der Waals surface area (Å²) in [5, 5.41) is 0. The van der Waals surface area contributed by atoms with Gasteiger partial charge in [-0.25, -0.2) is 0 Å². The molecule has 2 aliphatic rings. The van der Waals surface area contributed by atoms with E-state index in [1.165, 1.54) is 0 Å². The van der Waals surface area contributed by atoms with Crippen molar-refractivity contribution in [1.82, 2.24) is 4.98 Å². The summed E-state index contributed by atoms with van der Waals surface area (Å²) in [6, 6.07) is 58.0. The number of hydrogen-bond donors (Lipinski definition) is 0. The van der Waals surface area contributed by atoms with Gasteiger partial charge in [0.2, 0.25) is 0 Å². The molecule has 0 bridgehead atoms. The highest BCUT2D eigenvalue weighted by molar-refractivity contribution is 7.00. The molecule has 11 aromatic rings. The van der Waals surface area contributed by atoms with Crippen molar-refractivity contribution >= 4 is 57.2 Å². The van der Waals surface area contributed by atoms with Crippen LogP contribution in [0.1, 0.15) is 146 Å². The van der Waals surface area contributed by atoms with Gasteiger partial charge in [-0.05, 0) is 143 Å². The third-order valence-corrected chi connectivity index (χ3v) is 17.8. The largest absolute Gasteiger partial charge is 0.310 e. The average molecular weight is 1170 g/mol. The highest BCUT2D eigenvalue weighted by Gasteiger charge is 2.47. The van der Waals surface area contributed by atoms with Gasteiger partial charge in [0.25, 0.3) is 6.71 Å². The Labute approximate surface area is 545 Å². The van der Waals surface area contributed by atoms with Crippen LogP contribution in [0.2, 0.25) is 0 Å². The Balaban J connectivity index is 1.29. The second-order valence-corrected chi connectivity index (χ2v) is 29.4. The molecule has 0 atom stereocenters. The number of fused-ring (bicyclic) bond motifs is 4. The van der Waals surface area contributed by atoms with Crippen molar-refractivity contribution in [2.45, 2.75) is 131 Å². The van der Waals surface area contributed by atoms with Crippen LogP contribution in [0.5, 0.6) is 0 Å². The molecule has 1 aromatic heterocycles. The van der Waals surface area contributed by atoms with E-state index in [1.807, 2.05) is 42.5 Å². The average Bonchev–Trinajstić information content (AvgIpc) is 0.684. The number of benzene rings is 10. The zero-order valence-corrected chi connectivity index (χ0v) is 54.2. The predicted octanol–water partition coefficient (Wildman–Crippen LogP) is 21.7. The fraction of sp³-hybridized carbons (Fsp3) is 0.235. The first-order chi connectivity index (χ1) is 46.5. The minimum absolute atomic E-state index is 0.0707. The molecule has 10 aromatic carbocycles. The van der Waals surface area contributed by atoms with Gasteiger partial charge < -0.3 is 9.80 Å². The van der Waals surface area contributed by atoms with Crippen molar-refractivity contribution in [3.8, 4) is 66.8 Å². The van der Waals surface area contributed by atoms with Crippen LogP contribution < -0.4 is 26.2 Å². The number of aromatic nitrogens is 1. The molecule has 0 amide bonds. The minimum atomic E-state index is -0.589. The Morgan fingerprint density at radius 2 is 0.685 bits per heavy atom. The Morgan fingerprint density at radius 3 is 1.06 bits per heavy atom. The van der Waals surface area contributed by atoms with Gasteiger partial charge in [0.15, 0.2) is 0 Å². The number of pyridine rings is 1. The fourth-order valence-corrected chi connectivity index (χ4v) is 13.0. The van der Waals surface area contributed by atoms with Gasteiger partial charge in [-0.2, -0.15) is 0 Å². The van der Waals surface area contributed by atoms with Crippen molar-refractivity contribution < 1.29 is 13.7 Å². The van der Waals surface area contributed by atoms with E-state index < -0.39 is 53.8 Å². The Kier molecular flexibility index (Phi) is 11.8. The quantitative estimate of drug-likeness (QED) is 0.141. The number of rotatable bonds is 8. The fourth-order valence-electron chi connectivity index (χ4n) is 13.0. The van der Waals surface area contributed by atoms with Crippen molar-refractivity contribution in [1.29, 1.82) is 0 Å². The summed E-state index contributed by atoms with van der Waals surface area (Å²) >= 11 is 0. The minimum Gasteiger partial charge on any atom is -0.310 e. The summed E-state index contributed by atoms with van der Waals surface area (Å²) in [7, 11) is 0. The van der Waals surface area contributed by atoms with Crippen LogP contribution in [0.25, 0.3) is 66.8 Å². The van der Waals surface area contributed by atoms with Crippen molar-refractivity contribution in [3.63, 3.8) is 0 Å². The summed E-state index contributed by atoms with van der Waals surface area (Å²) < 4.78 is 91.9. The molecule has 2 aliphatic heterocycles. The number of nitrogens with zero attached hydrogens (tertiary/aromatic N) is 3. The predicted molar refractivity (Wildman–Crippen MR) is 384 cm³/mol. The molecule has 89 heavy (non-hydrogen) atoms. The van der Waals surface area contributed by atoms with E-state index in [0.717, 1.165) is 117 Å². The van der Waals surface area contributed by atoms with Gasteiger partial charge in [0, 0.05) is 67.1 Å². The number of anilines is 6. The zero-order valence-electron chi connectivity index (χ0n) is 64.2. The van der Waals surface area contributed by atoms with Crippen LogP contribution in [-0.2, 0) is 27.1 Å². The van der Waals surface area contributed by atoms with E-state index >= 15 is 0 Å². The van der Waals surface area contributed by atoms with E-state index in [1.54, 1.807) is 0 Å². The van der Waals surface area contributed by atoms with Gasteiger partial charge in [0.1, 0.15) is 0 Å².